The molecule has 0 amide bonds. The van der Waals surface area contributed by atoms with Gasteiger partial charge in [-0.3, -0.25) is 0 Å². The fourth-order valence-corrected chi connectivity index (χ4v) is 7.62. The molecule has 0 heterocycles. The topological polar surface area (TPSA) is 0 Å². The standard InChI is InChI=1S/C40H30/c1-21(2)23-11-13-25-29-7-5-9-31-27-15-16-28-32-10-6-8-30-26-14-12-24(22(3)4)18-34(26)38(40(30)32)20-36(28)35(27)19-37(39(29)31)33(25)17-23/h5-22H,1-4H3. The van der Waals surface area contributed by atoms with Crippen molar-refractivity contribution < 1.29 is 0 Å². The second kappa shape index (κ2) is 7.61. The van der Waals surface area contributed by atoms with E-state index in [2.05, 4.69) is 125 Å². The van der Waals surface area contributed by atoms with Crippen LogP contribution in [-0.4, -0.2) is 0 Å². The van der Waals surface area contributed by atoms with Gasteiger partial charge in [-0.1, -0.05) is 113 Å². The van der Waals surface area contributed by atoms with Gasteiger partial charge >= 0.3 is 0 Å². The van der Waals surface area contributed by atoms with E-state index in [9.17, 15) is 0 Å². The van der Waals surface area contributed by atoms with Gasteiger partial charge in [0.15, 0.2) is 0 Å². The van der Waals surface area contributed by atoms with Crippen molar-refractivity contribution in [3.8, 4) is 0 Å². The Balaban J connectivity index is 1.51. The van der Waals surface area contributed by atoms with Crippen LogP contribution in [0.5, 0.6) is 0 Å². The molecule has 0 radical (unpaired) electrons. The second-order valence-electron chi connectivity index (χ2n) is 12.5. The van der Waals surface area contributed by atoms with Gasteiger partial charge in [-0.05, 0) is 121 Å². The summed E-state index contributed by atoms with van der Waals surface area (Å²) in [6.45, 7) is 9.16. The van der Waals surface area contributed by atoms with Gasteiger partial charge in [0.1, 0.15) is 0 Å². The molecule has 0 unspecified atom stereocenters. The predicted molar refractivity (Wildman–Crippen MR) is 177 cm³/mol. The van der Waals surface area contributed by atoms with Crippen LogP contribution in [0, 0.1) is 0 Å². The quantitative estimate of drug-likeness (QED) is 0.203. The van der Waals surface area contributed by atoms with Crippen LogP contribution in [0.1, 0.15) is 50.7 Å². The molecule has 0 saturated heterocycles. The third kappa shape index (κ3) is 2.71. The number of fused-ring (bicyclic) bond motifs is 11. The number of hydrogen-bond acceptors (Lipinski definition) is 0. The lowest BCUT2D eigenvalue weighted by atomic mass is 9.91. The summed E-state index contributed by atoms with van der Waals surface area (Å²) in [4.78, 5) is 0. The van der Waals surface area contributed by atoms with E-state index in [1.807, 2.05) is 0 Å². The molecule has 0 bridgehead atoms. The fraction of sp³-hybridized carbons (Fsp3) is 0.150. The summed E-state index contributed by atoms with van der Waals surface area (Å²) in [6, 6.07) is 37.7. The van der Waals surface area contributed by atoms with E-state index in [0.29, 0.717) is 11.8 Å². The Labute approximate surface area is 233 Å². The minimum Gasteiger partial charge on any atom is -0.0610 e. The molecule has 0 nitrogen and oxygen atoms in total. The fourth-order valence-electron chi connectivity index (χ4n) is 7.62. The minimum absolute atomic E-state index is 0.506. The lowest BCUT2D eigenvalue weighted by Gasteiger charge is -2.12. The Morgan fingerprint density at radius 2 is 0.625 bits per heavy atom. The van der Waals surface area contributed by atoms with Gasteiger partial charge in [0, 0.05) is 0 Å². The number of hydrogen-bond donors (Lipinski definition) is 0. The molecular formula is C40H30. The van der Waals surface area contributed by atoms with Crippen molar-refractivity contribution in [3.63, 3.8) is 0 Å². The van der Waals surface area contributed by atoms with Crippen molar-refractivity contribution in [1.29, 1.82) is 0 Å². The average molecular weight is 511 g/mol. The molecule has 0 atom stereocenters. The van der Waals surface area contributed by atoms with Crippen LogP contribution in [0.15, 0.2) is 97.1 Å². The second-order valence-corrected chi connectivity index (χ2v) is 12.5. The van der Waals surface area contributed by atoms with Crippen LogP contribution in [0.25, 0.3) is 86.2 Å². The van der Waals surface area contributed by atoms with Crippen molar-refractivity contribution in [3.05, 3.63) is 108 Å². The molecule has 0 fully saturated rings. The van der Waals surface area contributed by atoms with Gasteiger partial charge in [-0.25, -0.2) is 0 Å². The molecule has 9 aromatic rings. The van der Waals surface area contributed by atoms with Gasteiger partial charge in [-0.15, -0.1) is 0 Å². The summed E-state index contributed by atoms with van der Waals surface area (Å²) in [5.74, 6) is 1.01. The molecular weight excluding hydrogens is 480 g/mol. The van der Waals surface area contributed by atoms with E-state index in [-0.39, 0.29) is 0 Å². The Morgan fingerprint density at radius 1 is 0.300 bits per heavy atom. The molecule has 190 valence electrons. The van der Waals surface area contributed by atoms with Crippen LogP contribution >= 0.6 is 0 Å². The number of benzene rings is 7. The first-order valence-corrected chi connectivity index (χ1v) is 14.7. The minimum atomic E-state index is 0.506. The van der Waals surface area contributed by atoms with E-state index in [0.717, 1.165) is 0 Å². The van der Waals surface area contributed by atoms with Crippen molar-refractivity contribution in [1.82, 2.24) is 0 Å². The van der Waals surface area contributed by atoms with E-state index in [1.165, 1.54) is 97.3 Å². The third-order valence-corrected chi connectivity index (χ3v) is 9.69. The Hall–Kier alpha value is -4.42. The smallest absolute Gasteiger partial charge is 0.00199 e. The molecule has 0 aliphatic rings. The maximum Gasteiger partial charge on any atom is -0.00199 e. The van der Waals surface area contributed by atoms with E-state index in [4.69, 9.17) is 0 Å². The van der Waals surface area contributed by atoms with Crippen LogP contribution < -0.4 is 0 Å². The van der Waals surface area contributed by atoms with Crippen molar-refractivity contribution in [2.24, 2.45) is 0 Å². The summed E-state index contributed by atoms with van der Waals surface area (Å²) >= 11 is 0. The van der Waals surface area contributed by atoms with Crippen LogP contribution in [0.3, 0.4) is 0 Å². The Morgan fingerprint density at radius 3 is 0.975 bits per heavy atom. The zero-order valence-electron chi connectivity index (χ0n) is 23.4. The van der Waals surface area contributed by atoms with Gasteiger partial charge in [0.25, 0.3) is 0 Å². The summed E-state index contributed by atoms with van der Waals surface area (Å²) in [5.41, 5.74) is 2.81. The van der Waals surface area contributed by atoms with Crippen LogP contribution in [0.2, 0.25) is 0 Å². The lowest BCUT2D eigenvalue weighted by Crippen LogP contribution is -1.86. The monoisotopic (exact) mass is 510 g/mol. The first kappa shape index (κ1) is 22.4. The van der Waals surface area contributed by atoms with Gasteiger partial charge < -0.3 is 0 Å². The zero-order chi connectivity index (χ0) is 26.9. The van der Waals surface area contributed by atoms with Crippen molar-refractivity contribution in [2.75, 3.05) is 0 Å². The van der Waals surface area contributed by atoms with Crippen LogP contribution in [0.4, 0.5) is 0 Å². The molecule has 0 aliphatic heterocycles. The molecule has 0 saturated carbocycles. The highest BCUT2D eigenvalue weighted by Crippen LogP contribution is 2.47. The highest BCUT2D eigenvalue weighted by Gasteiger charge is 2.19. The van der Waals surface area contributed by atoms with Crippen LogP contribution in [-0.2, 0) is 0 Å². The molecule has 0 N–H and O–H groups in total. The molecule has 0 aliphatic carbocycles. The molecule has 9 rings (SSSR count). The van der Waals surface area contributed by atoms with E-state index >= 15 is 0 Å². The van der Waals surface area contributed by atoms with Crippen molar-refractivity contribution >= 4 is 86.2 Å². The summed E-state index contributed by atoms with van der Waals surface area (Å²) in [6.07, 6.45) is 0. The maximum absolute atomic E-state index is 2.50. The molecule has 0 aromatic heterocycles. The molecule has 9 aromatic carbocycles. The molecule has 0 heteroatoms. The predicted octanol–water partition coefficient (Wildman–Crippen LogP) is 12.0. The van der Waals surface area contributed by atoms with Gasteiger partial charge in [0.2, 0.25) is 0 Å². The molecule has 0 spiro atoms. The van der Waals surface area contributed by atoms with E-state index in [1.54, 1.807) is 0 Å². The summed E-state index contributed by atoms with van der Waals surface area (Å²) in [5, 5.41) is 22.0. The van der Waals surface area contributed by atoms with Gasteiger partial charge in [0.05, 0.1) is 0 Å². The van der Waals surface area contributed by atoms with Gasteiger partial charge in [-0.2, -0.15) is 0 Å². The lowest BCUT2D eigenvalue weighted by molar-refractivity contribution is 0.869. The van der Waals surface area contributed by atoms with E-state index < -0.39 is 0 Å². The first-order valence-electron chi connectivity index (χ1n) is 14.7. The third-order valence-electron chi connectivity index (χ3n) is 9.69. The Kier molecular flexibility index (Phi) is 4.26. The Bertz CT molecular complexity index is 2300. The highest BCUT2D eigenvalue weighted by molar-refractivity contribution is 6.40. The molecule has 40 heavy (non-hydrogen) atoms. The SMILES string of the molecule is CC(C)c1ccc2c(c1)c1cc3c4cc5c6cc(C(C)C)ccc6c6cccc(c4ccc3c3cccc2c31)c65. The summed E-state index contributed by atoms with van der Waals surface area (Å²) in [7, 11) is 0. The maximum atomic E-state index is 2.50. The zero-order valence-corrected chi connectivity index (χ0v) is 23.4. The first-order chi connectivity index (χ1) is 19.5. The largest absolute Gasteiger partial charge is 0.0610 e. The average Bonchev–Trinajstić information content (AvgIpc) is 3.47. The number of rotatable bonds is 2. The summed E-state index contributed by atoms with van der Waals surface area (Å²) < 4.78 is 0. The van der Waals surface area contributed by atoms with Crippen molar-refractivity contribution in [2.45, 2.75) is 39.5 Å². The normalized spacial score (nSPS) is 12.9. The highest BCUT2D eigenvalue weighted by atomic mass is 14.2.